The Morgan fingerprint density at radius 1 is 1.38 bits per heavy atom. The molecule has 0 unspecified atom stereocenters. The Kier molecular flexibility index (Phi) is 4.68. The van der Waals surface area contributed by atoms with Crippen LogP contribution >= 0.6 is 23.2 Å². The van der Waals surface area contributed by atoms with Crippen molar-refractivity contribution in [2.45, 2.75) is 13.2 Å². The first-order valence-corrected chi connectivity index (χ1v) is 5.19. The van der Waals surface area contributed by atoms with Crippen LogP contribution in [0.2, 0.25) is 10.2 Å². The SMILES string of the molecule is COC(OC)C(=O)c1c(Cl)ncc(C)c1Cl. The molecule has 4 nitrogen and oxygen atoms in total. The number of ketones is 1. The summed E-state index contributed by atoms with van der Waals surface area (Å²) < 4.78 is 9.70. The zero-order chi connectivity index (χ0) is 12.3. The molecule has 0 saturated carbocycles. The van der Waals surface area contributed by atoms with Gasteiger partial charge in [-0.2, -0.15) is 0 Å². The van der Waals surface area contributed by atoms with Crippen LogP contribution in [-0.2, 0) is 9.47 Å². The van der Waals surface area contributed by atoms with E-state index >= 15 is 0 Å². The fraction of sp³-hybridized carbons (Fsp3) is 0.400. The lowest BCUT2D eigenvalue weighted by molar-refractivity contribution is -0.0742. The van der Waals surface area contributed by atoms with Crippen LogP contribution in [0.1, 0.15) is 15.9 Å². The number of Topliss-reactive ketones (excluding diaryl/α,β-unsaturated/α-hetero) is 1. The van der Waals surface area contributed by atoms with E-state index < -0.39 is 12.1 Å². The third-order valence-electron chi connectivity index (χ3n) is 2.03. The highest BCUT2D eigenvalue weighted by Gasteiger charge is 2.25. The van der Waals surface area contributed by atoms with E-state index in [4.69, 9.17) is 32.7 Å². The van der Waals surface area contributed by atoms with E-state index in [2.05, 4.69) is 4.98 Å². The number of methoxy groups -OCH3 is 2. The number of halogens is 2. The Labute approximate surface area is 103 Å². The lowest BCUT2D eigenvalue weighted by Crippen LogP contribution is -2.26. The third kappa shape index (κ3) is 2.52. The van der Waals surface area contributed by atoms with Crippen LogP contribution in [0.3, 0.4) is 0 Å². The number of carbonyl (C=O) groups excluding carboxylic acids is 1. The number of rotatable bonds is 4. The van der Waals surface area contributed by atoms with Gasteiger partial charge in [-0.25, -0.2) is 4.98 Å². The molecule has 0 aliphatic heterocycles. The van der Waals surface area contributed by atoms with E-state index in [1.54, 1.807) is 6.92 Å². The molecule has 1 rings (SSSR count). The number of aryl methyl sites for hydroxylation is 1. The van der Waals surface area contributed by atoms with E-state index in [0.717, 1.165) is 0 Å². The molecule has 0 N–H and O–H groups in total. The summed E-state index contributed by atoms with van der Waals surface area (Å²) in [6.07, 6.45) is 0.467. The highest BCUT2D eigenvalue weighted by molar-refractivity contribution is 6.39. The van der Waals surface area contributed by atoms with Crippen LogP contribution in [0.25, 0.3) is 0 Å². The van der Waals surface area contributed by atoms with Crippen LogP contribution in [0.5, 0.6) is 0 Å². The molecule has 0 spiro atoms. The highest BCUT2D eigenvalue weighted by Crippen LogP contribution is 2.27. The summed E-state index contributed by atoms with van der Waals surface area (Å²) in [7, 11) is 2.72. The number of hydrogen-bond acceptors (Lipinski definition) is 4. The fourth-order valence-electron chi connectivity index (χ4n) is 1.20. The number of carbonyl (C=O) groups is 1. The van der Waals surface area contributed by atoms with E-state index in [-0.39, 0.29) is 15.7 Å². The van der Waals surface area contributed by atoms with E-state index in [1.165, 1.54) is 20.4 Å². The first-order chi connectivity index (χ1) is 7.52. The van der Waals surface area contributed by atoms with Crippen molar-refractivity contribution in [3.8, 4) is 0 Å². The van der Waals surface area contributed by atoms with Crippen LogP contribution in [0, 0.1) is 6.92 Å². The molecule has 0 atom stereocenters. The first kappa shape index (κ1) is 13.4. The van der Waals surface area contributed by atoms with Crippen LogP contribution < -0.4 is 0 Å². The molecule has 6 heteroatoms. The molecule has 1 aromatic heterocycles. The minimum Gasteiger partial charge on any atom is -0.349 e. The van der Waals surface area contributed by atoms with Crippen molar-refractivity contribution in [1.29, 1.82) is 0 Å². The Morgan fingerprint density at radius 2 is 1.94 bits per heavy atom. The van der Waals surface area contributed by atoms with Gasteiger partial charge in [0.1, 0.15) is 5.15 Å². The van der Waals surface area contributed by atoms with Gasteiger partial charge in [0.15, 0.2) is 0 Å². The summed E-state index contributed by atoms with van der Waals surface area (Å²) in [6, 6.07) is 0. The topological polar surface area (TPSA) is 48.4 Å². The predicted molar refractivity (Wildman–Crippen MR) is 61.1 cm³/mol. The van der Waals surface area contributed by atoms with E-state index in [9.17, 15) is 4.79 Å². The number of ether oxygens (including phenoxy) is 2. The normalized spacial score (nSPS) is 10.9. The predicted octanol–water partition coefficient (Wildman–Crippen LogP) is 2.50. The third-order valence-corrected chi connectivity index (χ3v) is 2.81. The summed E-state index contributed by atoms with van der Waals surface area (Å²) in [6.45, 7) is 1.73. The zero-order valence-electron chi connectivity index (χ0n) is 9.08. The molecule has 1 heterocycles. The molecule has 0 saturated heterocycles. The molecule has 0 aliphatic carbocycles. The molecular weight excluding hydrogens is 253 g/mol. The smallest absolute Gasteiger partial charge is 0.223 e. The largest absolute Gasteiger partial charge is 0.349 e. The molecule has 0 fully saturated rings. The molecule has 16 heavy (non-hydrogen) atoms. The monoisotopic (exact) mass is 263 g/mol. The number of aromatic nitrogens is 1. The molecule has 1 aromatic rings. The number of pyridine rings is 1. The Bertz CT molecular complexity index is 405. The van der Waals surface area contributed by atoms with E-state index in [0.29, 0.717) is 5.56 Å². The fourth-order valence-corrected chi connectivity index (χ4v) is 1.72. The minimum absolute atomic E-state index is 0.0414. The molecule has 0 amide bonds. The maximum Gasteiger partial charge on any atom is 0.223 e. The maximum absolute atomic E-state index is 11.9. The average Bonchev–Trinajstić information content (AvgIpc) is 2.26. The van der Waals surface area contributed by atoms with Crippen molar-refractivity contribution in [2.75, 3.05) is 14.2 Å². The molecule has 88 valence electrons. The van der Waals surface area contributed by atoms with Gasteiger partial charge < -0.3 is 9.47 Å². The number of nitrogens with zero attached hydrogens (tertiary/aromatic N) is 1. The lowest BCUT2D eigenvalue weighted by Gasteiger charge is -2.14. The van der Waals surface area contributed by atoms with Gasteiger partial charge >= 0.3 is 0 Å². The molecular formula is C10H11Cl2NO3. The van der Waals surface area contributed by atoms with Crippen molar-refractivity contribution in [1.82, 2.24) is 4.98 Å². The van der Waals surface area contributed by atoms with Gasteiger partial charge in [-0.15, -0.1) is 0 Å². The van der Waals surface area contributed by atoms with Crippen molar-refractivity contribution in [2.24, 2.45) is 0 Å². The van der Waals surface area contributed by atoms with Crippen LogP contribution in [-0.4, -0.2) is 31.3 Å². The van der Waals surface area contributed by atoms with Gasteiger partial charge in [0.05, 0.1) is 10.6 Å². The lowest BCUT2D eigenvalue weighted by atomic mass is 10.1. The zero-order valence-corrected chi connectivity index (χ0v) is 10.6. The summed E-state index contributed by atoms with van der Waals surface area (Å²) in [4.78, 5) is 15.8. The van der Waals surface area contributed by atoms with Gasteiger partial charge in [-0.05, 0) is 12.5 Å². The second-order valence-electron chi connectivity index (χ2n) is 3.09. The Hall–Kier alpha value is -0.680. The molecule has 0 radical (unpaired) electrons. The second kappa shape index (κ2) is 5.59. The van der Waals surface area contributed by atoms with Crippen LogP contribution in [0.15, 0.2) is 6.20 Å². The van der Waals surface area contributed by atoms with Crippen molar-refractivity contribution in [3.05, 3.63) is 27.5 Å². The van der Waals surface area contributed by atoms with Gasteiger partial charge in [-0.1, -0.05) is 23.2 Å². The number of hydrogen-bond donors (Lipinski definition) is 0. The van der Waals surface area contributed by atoms with Crippen molar-refractivity contribution >= 4 is 29.0 Å². The van der Waals surface area contributed by atoms with Crippen molar-refractivity contribution in [3.63, 3.8) is 0 Å². The molecule has 0 aliphatic rings. The summed E-state index contributed by atoms with van der Waals surface area (Å²) in [5.41, 5.74) is 0.789. The van der Waals surface area contributed by atoms with Crippen LogP contribution in [0.4, 0.5) is 0 Å². The highest BCUT2D eigenvalue weighted by atomic mass is 35.5. The molecule has 0 bridgehead atoms. The molecule has 0 aromatic carbocycles. The average molecular weight is 264 g/mol. The standard InChI is InChI=1S/C10H11Cl2NO3/c1-5-4-13-9(12)6(7(5)11)8(14)10(15-2)16-3/h4,10H,1-3H3. The van der Waals surface area contributed by atoms with Crippen molar-refractivity contribution < 1.29 is 14.3 Å². The quantitative estimate of drug-likeness (QED) is 0.476. The second-order valence-corrected chi connectivity index (χ2v) is 3.82. The summed E-state index contributed by atoms with van der Waals surface area (Å²) in [5.74, 6) is -0.448. The summed E-state index contributed by atoms with van der Waals surface area (Å²) >= 11 is 11.8. The van der Waals surface area contributed by atoms with Gasteiger partial charge in [0, 0.05) is 20.4 Å². The Morgan fingerprint density at radius 3 is 2.44 bits per heavy atom. The van der Waals surface area contributed by atoms with Gasteiger partial charge in [-0.3, -0.25) is 4.79 Å². The Balaban J connectivity index is 3.22. The maximum atomic E-state index is 11.9. The first-order valence-electron chi connectivity index (χ1n) is 4.43. The van der Waals surface area contributed by atoms with E-state index in [1.807, 2.05) is 0 Å². The van der Waals surface area contributed by atoms with Gasteiger partial charge in [0.2, 0.25) is 12.1 Å². The van der Waals surface area contributed by atoms with Gasteiger partial charge in [0.25, 0.3) is 0 Å². The summed E-state index contributed by atoms with van der Waals surface area (Å²) in [5, 5.41) is 0.309. The minimum atomic E-state index is -1.03.